The number of halogens is 4. The zero-order valence-corrected chi connectivity index (χ0v) is 14.2. The Bertz CT molecular complexity index is 778. The third kappa shape index (κ3) is 4.57. The molecule has 2 heterocycles. The molecule has 0 aliphatic carbocycles. The molecular formula is C17H15ClF3N3O2. The van der Waals surface area contributed by atoms with Crippen molar-refractivity contribution in [2.45, 2.75) is 18.8 Å². The highest BCUT2D eigenvalue weighted by Crippen LogP contribution is 2.31. The van der Waals surface area contributed by atoms with Gasteiger partial charge in [0.05, 0.1) is 18.7 Å². The Hall–Kier alpha value is -2.48. The van der Waals surface area contributed by atoms with Crippen LogP contribution in [0.25, 0.3) is 0 Å². The van der Waals surface area contributed by atoms with Gasteiger partial charge >= 0.3 is 12.2 Å². The van der Waals surface area contributed by atoms with Crippen LogP contribution in [0.4, 0.5) is 18.0 Å². The molecule has 3 rings (SSSR count). The average molecular weight is 386 g/mol. The monoisotopic (exact) mass is 385 g/mol. The maximum absolute atomic E-state index is 12.7. The molecule has 0 radical (unpaired) electrons. The van der Waals surface area contributed by atoms with E-state index in [-0.39, 0.29) is 31.1 Å². The highest BCUT2D eigenvalue weighted by molar-refractivity contribution is 6.30. The first-order valence-corrected chi connectivity index (χ1v) is 8.16. The van der Waals surface area contributed by atoms with Crippen LogP contribution in [0.15, 0.2) is 42.6 Å². The van der Waals surface area contributed by atoms with Crippen LogP contribution in [-0.4, -0.2) is 35.1 Å². The van der Waals surface area contributed by atoms with E-state index in [2.05, 4.69) is 10.3 Å². The lowest BCUT2D eigenvalue weighted by molar-refractivity contribution is -0.137. The molecule has 1 aromatic carbocycles. The van der Waals surface area contributed by atoms with Gasteiger partial charge in [0.2, 0.25) is 5.88 Å². The number of ether oxygens (including phenoxy) is 1. The number of rotatable bonds is 4. The number of urea groups is 1. The normalized spacial score (nSPS) is 14.7. The van der Waals surface area contributed by atoms with Crippen LogP contribution in [-0.2, 0) is 12.7 Å². The molecule has 5 nitrogen and oxygen atoms in total. The van der Waals surface area contributed by atoms with Gasteiger partial charge in [-0.05, 0) is 23.8 Å². The molecule has 2 amide bonds. The highest BCUT2D eigenvalue weighted by atomic mass is 35.5. The van der Waals surface area contributed by atoms with Gasteiger partial charge in [0.25, 0.3) is 0 Å². The van der Waals surface area contributed by atoms with Crippen LogP contribution < -0.4 is 10.1 Å². The minimum Gasteiger partial charge on any atom is -0.471 e. The van der Waals surface area contributed by atoms with Gasteiger partial charge in [-0.25, -0.2) is 9.78 Å². The zero-order chi connectivity index (χ0) is 18.7. The van der Waals surface area contributed by atoms with Crippen LogP contribution in [0.2, 0.25) is 5.02 Å². The standard InChI is InChI=1S/C17H15ClF3N3O2/c18-13-3-1-11(2-4-13)8-23-16(25)24-9-14(10-24)26-15-7-12(5-6-22-15)17(19,20)21/h1-7,14H,8-10H2,(H,23,25). The van der Waals surface area contributed by atoms with Crippen LogP contribution in [0, 0.1) is 0 Å². The number of nitrogens with zero attached hydrogens (tertiary/aromatic N) is 2. The lowest BCUT2D eigenvalue weighted by Crippen LogP contribution is -2.58. The summed E-state index contributed by atoms with van der Waals surface area (Å²) in [5.74, 6) is -0.106. The number of nitrogens with one attached hydrogen (secondary N) is 1. The SMILES string of the molecule is O=C(NCc1ccc(Cl)cc1)N1CC(Oc2cc(C(F)(F)F)ccn2)C1. The van der Waals surface area contributed by atoms with Crippen LogP contribution in [0.5, 0.6) is 5.88 Å². The number of amides is 2. The van der Waals surface area contributed by atoms with Crippen molar-refractivity contribution in [3.63, 3.8) is 0 Å². The number of alkyl halides is 3. The second-order valence-electron chi connectivity index (χ2n) is 5.81. The number of aromatic nitrogens is 1. The Morgan fingerprint density at radius 3 is 2.62 bits per heavy atom. The van der Waals surface area contributed by atoms with Crippen LogP contribution in [0.3, 0.4) is 0 Å². The number of likely N-dealkylation sites (tertiary alicyclic amines) is 1. The van der Waals surface area contributed by atoms with Crippen molar-refractivity contribution in [2.75, 3.05) is 13.1 Å². The molecule has 9 heteroatoms. The van der Waals surface area contributed by atoms with E-state index in [1.807, 2.05) is 12.1 Å². The lowest BCUT2D eigenvalue weighted by atomic mass is 10.2. The van der Waals surface area contributed by atoms with E-state index in [9.17, 15) is 18.0 Å². The molecule has 1 aromatic heterocycles. The molecule has 2 aromatic rings. The predicted molar refractivity (Wildman–Crippen MR) is 88.9 cm³/mol. The van der Waals surface area contributed by atoms with Gasteiger partial charge in [-0.1, -0.05) is 23.7 Å². The van der Waals surface area contributed by atoms with Crippen molar-refractivity contribution >= 4 is 17.6 Å². The number of hydrogen-bond acceptors (Lipinski definition) is 3. The third-order valence-corrected chi connectivity index (χ3v) is 4.09. The van der Waals surface area contributed by atoms with Crippen LogP contribution in [0.1, 0.15) is 11.1 Å². The van der Waals surface area contributed by atoms with E-state index in [0.717, 1.165) is 23.9 Å². The highest BCUT2D eigenvalue weighted by Gasteiger charge is 2.34. The molecule has 26 heavy (non-hydrogen) atoms. The largest absolute Gasteiger partial charge is 0.471 e. The summed E-state index contributed by atoms with van der Waals surface area (Å²) in [6, 6.07) is 8.55. The minimum atomic E-state index is -4.45. The quantitative estimate of drug-likeness (QED) is 0.872. The van der Waals surface area contributed by atoms with Crippen molar-refractivity contribution in [3.8, 4) is 5.88 Å². The maximum atomic E-state index is 12.7. The molecule has 0 spiro atoms. The van der Waals surface area contributed by atoms with Gasteiger partial charge in [0.15, 0.2) is 0 Å². The fraction of sp³-hybridized carbons (Fsp3) is 0.294. The molecule has 1 aliphatic heterocycles. The van der Waals surface area contributed by atoms with Gasteiger partial charge in [-0.15, -0.1) is 0 Å². The lowest BCUT2D eigenvalue weighted by Gasteiger charge is -2.38. The molecule has 0 saturated carbocycles. The summed E-state index contributed by atoms with van der Waals surface area (Å²) in [5, 5.41) is 3.37. The molecule has 138 valence electrons. The molecule has 1 aliphatic rings. The van der Waals surface area contributed by atoms with E-state index in [1.54, 1.807) is 12.1 Å². The van der Waals surface area contributed by atoms with Crippen LogP contribution >= 0.6 is 11.6 Å². The number of benzene rings is 1. The van der Waals surface area contributed by atoms with Gasteiger partial charge < -0.3 is 15.0 Å². The van der Waals surface area contributed by atoms with E-state index in [4.69, 9.17) is 16.3 Å². The van der Waals surface area contributed by atoms with Gasteiger partial charge in [0.1, 0.15) is 6.10 Å². The first kappa shape index (κ1) is 18.3. The van der Waals surface area contributed by atoms with E-state index in [0.29, 0.717) is 11.6 Å². The summed E-state index contributed by atoms with van der Waals surface area (Å²) in [6.07, 6.45) is -3.78. The smallest absolute Gasteiger partial charge is 0.416 e. The second kappa shape index (κ2) is 7.41. The van der Waals surface area contributed by atoms with Crippen molar-refractivity contribution in [2.24, 2.45) is 0 Å². The summed E-state index contributed by atoms with van der Waals surface area (Å²) >= 11 is 5.80. The van der Waals surface area contributed by atoms with Crippen molar-refractivity contribution in [1.29, 1.82) is 0 Å². The van der Waals surface area contributed by atoms with Gasteiger partial charge in [-0.3, -0.25) is 0 Å². The van der Waals surface area contributed by atoms with E-state index < -0.39 is 11.7 Å². The number of carbonyl (C=O) groups excluding carboxylic acids is 1. The predicted octanol–water partition coefficient (Wildman–Crippen LogP) is 3.73. The molecule has 0 atom stereocenters. The zero-order valence-electron chi connectivity index (χ0n) is 13.5. The summed E-state index contributed by atoms with van der Waals surface area (Å²) in [7, 11) is 0. The third-order valence-electron chi connectivity index (χ3n) is 3.84. The summed E-state index contributed by atoms with van der Waals surface area (Å²) in [5.41, 5.74) is 0.0867. The Morgan fingerprint density at radius 1 is 1.27 bits per heavy atom. The van der Waals surface area contributed by atoms with Crippen molar-refractivity contribution in [3.05, 3.63) is 58.7 Å². The first-order chi connectivity index (χ1) is 12.3. The average Bonchev–Trinajstić information content (AvgIpc) is 2.56. The van der Waals surface area contributed by atoms with E-state index >= 15 is 0 Å². The molecule has 1 saturated heterocycles. The van der Waals surface area contributed by atoms with E-state index in [1.165, 1.54) is 4.90 Å². The van der Waals surface area contributed by atoms with Crippen molar-refractivity contribution < 1.29 is 22.7 Å². The summed E-state index contributed by atoms with van der Waals surface area (Å²) in [6.45, 7) is 0.919. The topological polar surface area (TPSA) is 54.5 Å². The fourth-order valence-corrected chi connectivity index (χ4v) is 2.52. The molecule has 1 N–H and O–H groups in total. The Balaban J connectivity index is 1.45. The number of hydrogen-bond donors (Lipinski definition) is 1. The molecular weight excluding hydrogens is 371 g/mol. The first-order valence-electron chi connectivity index (χ1n) is 7.78. The second-order valence-corrected chi connectivity index (χ2v) is 6.25. The Kier molecular flexibility index (Phi) is 5.22. The van der Waals surface area contributed by atoms with Gasteiger partial charge in [-0.2, -0.15) is 13.2 Å². The Labute approximate surface area is 152 Å². The summed E-state index contributed by atoms with van der Waals surface area (Å²) in [4.78, 5) is 17.3. The fourth-order valence-electron chi connectivity index (χ4n) is 2.39. The summed E-state index contributed by atoms with van der Waals surface area (Å²) < 4.78 is 43.4. The molecule has 1 fully saturated rings. The minimum absolute atomic E-state index is 0.106. The molecule has 0 unspecified atom stereocenters. The maximum Gasteiger partial charge on any atom is 0.416 e. The van der Waals surface area contributed by atoms with Gasteiger partial charge in [0, 0.05) is 23.8 Å². The Morgan fingerprint density at radius 2 is 1.96 bits per heavy atom. The number of carbonyl (C=O) groups is 1. The molecule has 0 bridgehead atoms. The number of pyridine rings is 1. The van der Waals surface area contributed by atoms with Crippen molar-refractivity contribution in [1.82, 2.24) is 15.2 Å².